The van der Waals surface area contributed by atoms with Gasteiger partial charge in [0.2, 0.25) is 0 Å². The molecule has 1 heterocycles. The normalized spacial score (nSPS) is 11.1. The number of hydrogen-bond donors (Lipinski definition) is 1. The van der Waals surface area contributed by atoms with E-state index >= 15 is 0 Å². The second kappa shape index (κ2) is 4.97. The predicted molar refractivity (Wildman–Crippen MR) is 52.0 cm³/mol. The van der Waals surface area contributed by atoms with Crippen LogP contribution in [0.4, 0.5) is 0 Å². The number of nitrogens with two attached hydrogens (primary N) is 1. The highest BCUT2D eigenvalue weighted by atomic mass is 15.3. The molecule has 0 aliphatic carbocycles. The minimum Gasteiger partial charge on any atom is -0.324 e. The molecule has 0 saturated carbocycles. The van der Waals surface area contributed by atoms with Crippen molar-refractivity contribution in [3.05, 3.63) is 12.2 Å². The summed E-state index contributed by atoms with van der Waals surface area (Å²) >= 11 is 0. The molecule has 2 N–H and O–H groups in total. The quantitative estimate of drug-likeness (QED) is 0.743. The van der Waals surface area contributed by atoms with Gasteiger partial charge in [-0.05, 0) is 18.8 Å². The second-order valence-electron chi connectivity index (χ2n) is 3.64. The summed E-state index contributed by atoms with van der Waals surface area (Å²) in [6, 6.07) is 0. The Hall–Kier alpha value is -0.900. The molecular weight excluding hydrogens is 164 g/mol. The minimum atomic E-state index is 0.474. The summed E-state index contributed by atoms with van der Waals surface area (Å²) < 4.78 is 1.89. The van der Waals surface area contributed by atoms with Crippen LogP contribution in [-0.2, 0) is 13.1 Å². The van der Waals surface area contributed by atoms with Gasteiger partial charge in [-0.3, -0.25) is 0 Å². The highest BCUT2D eigenvalue weighted by Crippen LogP contribution is 2.05. The van der Waals surface area contributed by atoms with Crippen LogP contribution in [0.5, 0.6) is 0 Å². The molecule has 1 rings (SSSR count). The second-order valence-corrected chi connectivity index (χ2v) is 3.64. The van der Waals surface area contributed by atoms with Crippen LogP contribution >= 0.6 is 0 Å². The van der Waals surface area contributed by atoms with E-state index in [0.29, 0.717) is 6.54 Å². The lowest BCUT2D eigenvalue weighted by molar-refractivity contribution is 0.478. The van der Waals surface area contributed by atoms with Crippen molar-refractivity contribution < 1.29 is 0 Å². The molecule has 4 heteroatoms. The highest BCUT2D eigenvalue weighted by Gasteiger charge is 2.01. The summed E-state index contributed by atoms with van der Waals surface area (Å²) in [6.45, 7) is 5.86. The van der Waals surface area contributed by atoms with Gasteiger partial charge in [0.25, 0.3) is 0 Å². The molecule has 0 unspecified atom stereocenters. The van der Waals surface area contributed by atoms with Crippen LogP contribution in [0.1, 0.15) is 32.5 Å². The van der Waals surface area contributed by atoms with Crippen molar-refractivity contribution in [2.75, 3.05) is 0 Å². The zero-order chi connectivity index (χ0) is 9.68. The summed E-state index contributed by atoms with van der Waals surface area (Å²) in [5.74, 6) is 1.63. The maximum absolute atomic E-state index is 5.50. The molecule has 0 aliphatic heterocycles. The Balaban J connectivity index is 2.36. The largest absolute Gasteiger partial charge is 0.324 e. The van der Waals surface area contributed by atoms with E-state index in [1.807, 2.05) is 4.68 Å². The van der Waals surface area contributed by atoms with Crippen molar-refractivity contribution in [1.82, 2.24) is 14.8 Å². The van der Waals surface area contributed by atoms with Crippen molar-refractivity contribution in [2.45, 2.75) is 39.8 Å². The maximum Gasteiger partial charge on any atom is 0.140 e. The molecule has 0 radical (unpaired) electrons. The summed E-state index contributed by atoms with van der Waals surface area (Å²) in [5, 5.41) is 4.11. The maximum atomic E-state index is 5.50. The van der Waals surface area contributed by atoms with Crippen molar-refractivity contribution >= 4 is 0 Å². The monoisotopic (exact) mass is 182 g/mol. The van der Waals surface area contributed by atoms with E-state index < -0.39 is 0 Å². The van der Waals surface area contributed by atoms with Gasteiger partial charge in [-0.1, -0.05) is 13.8 Å². The molecule has 4 nitrogen and oxygen atoms in total. The Morgan fingerprint density at radius 1 is 1.54 bits per heavy atom. The Morgan fingerprint density at radius 3 is 2.92 bits per heavy atom. The number of nitrogens with zero attached hydrogens (tertiary/aromatic N) is 3. The topological polar surface area (TPSA) is 56.7 Å². The van der Waals surface area contributed by atoms with Gasteiger partial charge in [0.15, 0.2) is 0 Å². The van der Waals surface area contributed by atoms with Crippen molar-refractivity contribution in [1.29, 1.82) is 0 Å². The van der Waals surface area contributed by atoms with Gasteiger partial charge in [0, 0.05) is 6.54 Å². The van der Waals surface area contributed by atoms with Crippen LogP contribution in [0.3, 0.4) is 0 Å². The van der Waals surface area contributed by atoms with E-state index in [2.05, 4.69) is 23.9 Å². The third-order valence-electron chi connectivity index (χ3n) is 2.03. The summed E-state index contributed by atoms with van der Waals surface area (Å²) in [6.07, 6.45) is 3.94. The fraction of sp³-hybridized carbons (Fsp3) is 0.778. The molecule has 0 saturated heterocycles. The van der Waals surface area contributed by atoms with Gasteiger partial charge in [0.1, 0.15) is 12.2 Å². The van der Waals surface area contributed by atoms with Gasteiger partial charge in [-0.2, -0.15) is 5.10 Å². The molecule has 0 aliphatic rings. The summed E-state index contributed by atoms with van der Waals surface area (Å²) in [5.41, 5.74) is 5.50. The van der Waals surface area contributed by atoms with E-state index in [-0.39, 0.29) is 0 Å². The minimum absolute atomic E-state index is 0.474. The summed E-state index contributed by atoms with van der Waals surface area (Å²) in [4.78, 5) is 4.06. The lowest BCUT2D eigenvalue weighted by Gasteiger charge is -2.05. The highest BCUT2D eigenvalue weighted by molar-refractivity contribution is 4.82. The summed E-state index contributed by atoms with van der Waals surface area (Å²) in [7, 11) is 0. The predicted octanol–water partition coefficient (Wildman–Crippen LogP) is 1.17. The first-order chi connectivity index (χ1) is 6.24. The molecule has 0 atom stereocenters. The van der Waals surface area contributed by atoms with Gasteiger partial charge < -0.3 is 5.73 Å². The van der Waals surface area contributed by atoms with Crippen molar-refractivity contribution in [3.63, 3.8) is 0 Å². The molecule has 1 aromatic rings. The molecule has 0 aromatic carbocycles. The standard InChI is InChI=1S/C9H18N4/c1-8(2)4-3-5-13-9(6-10)11-7-12-13/h7-8H,3-6,10H2,1-2H3. The van der Waals surface area contributed by atoms with Gasteiger partial charge in [0.05, 0.1) is 6.54 Å². The third-order valence-corrected chi connectivity index (χ3v) is 2.03. The van der Waals surface area contributed by atoms with Gasteiger partial charge >= 0.3 is 0 Å². The van der Waals surface area contributed by atoms with Crippen molar-refractivity contribution in [3.8, 4) is 0 Å². The van der Waals surface area contributed by atoms with E-state index in [0.717, 1.165) is 24.7 Å². The number of aromatic nitrogens is 3. The fourth-order valence-corrected chi connectivity index (χ4v) is 1.28. The Bertz CT molecular complexity index is 242. The lowest BCUT2D eigenvalue weighted by atomic mass is 10.1. The molecule has 13 heavy (non-hydrogen) atoms. The number of rotatable bonds is 5. The van der Waals surface area contributed by atoms with E-state index in [1.165, 1.54) is 6.42 Å². The zero-order valence-corrected chi connectivity index (χ0v) is 8.40. The Morgan fingerprint density at radius 2 is 2.31 bits per heavy atom. The third kappa shape index (κ3) is 3.14. The van der Waals surface area contributed by atoms with Gasteiger partial charge in [-0.25, -0.2) is 9.67 Å². The smallest absolute Gasteiger partial charge is 0.140 e. The van der Waals surface area contributed by atoms with Crippen LogP contribution in [0.15, 0.2) is 6.33 Å². The van der Waals surface area contributed by atoms with E-state index in [4.69, 9.17) is 5.73 Å². The first-order valence-electron chi connectivity index (χ1n) is 4.80. The van der Waals surface area contributed by atoms with E-state index in [1.54, 1.807) is 6.33 Å². The first kappa shape index (κ1) is 10.2. The van der Waals surface area contributed by atoms with Crippen LogP contribution in [0.2, 0.25) is 0 Å². The molecule has 0 spiro atoms. The molecule has 0 bridgehead atoms. The average Bonchev–Trinajstić information content (AvgIpc) is 2.51. The SMILES string of the molecule is CC(C)CCCn1ncnc1CN. The number of aryl methyl sites for hydroxylation is 1. The lowest BCUT2D eigenvalue weighted by Crippen LogP contribution is -2.10. The Labute approximate surface area is 79.2 Å². The van der Waals surface area contributed by atoms with E-state index in [9.17, 15) is 0 Å². The van der Waals surface area contributed by atoms with Crippen LogP contribution in [-0.4, -0.2) is 14.8 Å². The average molecular weight is 182 g/mol. The first-order valence-corrected chi connectivity index (χ1v) is 4.80. The fourth-order valence-electron chi connectivity index (χ4n) is 1.28. The van der Waals surface area contributed by atoms with Crippen LogP contribution in [0.25, 0.3) is 0 Å². The number of hydrogen-bond acceptors (Lipinski definition) is 3. The Kier molecular flexibility index (Phi) is 3.89. The zero-order valence-electron chi connectivity index (χ0n) is 8.40. The molecule has 0 fully saturated rings. The molecular formula is C9H18N4. The van der Waals surface area contributed by atoms with Gasteiger partial charge in [-0.15, -0.1) is 0 Å². The van der Waals surface area contributed by atoms with Crippen LogP contribution < -0.4 is 5.73 Å². The molecule has 0 amide bonds. The molecule has 74 valence electrons. The van der Waals surface area contributed by atoms with Crippen LogP contribution in [0, 0.1) is 5.92 Å². The van der Waals surface area contributed by atoms with Crippen molar-refractivity contribution in [2.24, 2.45) is 11.7 Å². The molecule has 1 aromatic heterocycles.